The van der Waals surface area contributed by atoms with Gasteiger partial charge in [0.15, 0.2) is 0 Å². The summed E-state index contributed by atoms with van der Waals surface area (Å²) in [6.07, 6.45) is 1.34. The molecule has 2 aromatic rings. The molecule has 0 radical (unpaired) electrons. The first-order valence-corrected chi connectivity index (χ1v) is 8.50. The summed E-state index contributed by atoms with van der Waals surface area (Å²) in [5, 5.41) is 6.79. The first kappa shape index (κ1) is 17.7. The lowest BCUT2D eigenvalue weighted by molar-refractivity contribution is -0.126. The Labute approximate surface area is 152 Å². The molecular weight excluding hydrogens is 332 g/mol. The van der Waals surface area contributed by atoms with E-state index in [1.54, 1.807) is 18.7 Å². The zero-order valence-corrected chi connectivity index (χ0v) is 15.0. The monoisotopic (exact) mass is 354 g/mol. The van der Waals surface area contributed by atoms with Crippen molar-refractivity contribution in [3.8, 4) is 0 Å². The molecule has 1 aliphatic heterocycles. The highest BCUT2D eigenvalue weighted by atomic mass is 16.5. The second-order valence-corrected chi connectivity index (χ2v) is 6.19. The van der Waals surface area contributed by atoms with E-state index in [1.807, 2.05) is 24.3 Å². The first-order chi connectivity index (χ1) is 12.5. The fraction of sp³-hybridized carbons (Fsp3) is 0.316. The summed E-state index contributed by atoms with van der Waals surface area (Å²) in [5.74, 6) is 0.202. The van der Waals surface area contributed by atoms with Crippen LogP contribution in [0.5, 0.6) is 0 Å². The predicted molar refractivity (Wildman–Crippen MR) is 99.4 cm³/mol. The maximum absolute atomic E-state index is 12.6. The highest BCUT2D eigenvalue weighted by Crippen LogP contribution is 2.27. The van der Waals surface area contributed by atoms with E-state index in [9.17, 15) is 9.59 Å². The van der Waals surface area contributed by atoms with Crippen molar-refractivity contribution in [1.82, 2.24) is 10.1 Å². The zero-order valence-electron chi connectivity index (χ0n) is 15.0. The molecule has 1 saturated heterocycles. The van der Waals surface area contributed by atoms with Gasteiger partial charge in [-0.05, 0) is 32.1 Å². The van der Waals surface area contributed by atoms with Crippen LogP contribution in [0.1, 0.15) is 21.8 Å². The van der Waals surface area contributed by atoms with E-state index < -0.39 is 0 Å². The number of carbonyl (C=O) groups is 2. The lowest BCUT2D eigenvalue weighted by atomic mass is 10.1. The van der Waals surface area contributed by atoms with E-state index >= 15 is 0 Å². The summed E-state index contributed by atoms with van der Waals surface area (Å²) in [5.41, 5.74) is 2.68. The summed E-state index contributed by atoms with van der Waals surface area (Å²) in [7, 11) is 0. The summed E-state index contributed by atoms with van der Waals surface area (Å²) < 4.78 is 5.08. The Kier molecular flexibility index (Phi) is 5.06. The molecular formula is C19H22N4O3. The maximum atomic E-state index is 12.6. The van der Waals surface area contributed by atoms with Crippen molar-refractivity contribution in [2.75, 3.05) is 36.4 Å². The van der Waals surface area contributed by atoms with Crippen molar-refractivity contribution in [2.45, 2.75) is 13.8 Å². The number of nitrogens with one attached hydrogen (secondary N) is 1. The minimum absolute atomic E-state index is 0.0513. The molecule has 0 saturated carbocycles. The van der Waals surface area contributed by atoms with Gasteiger partial charge in [-0.1, -0.05) is 23.9 Å². The smallest absolute Gasteiger partial charge is 0.261 e. The Hall–Kier alpha value is -3.09. The van der Waals surface area contributed by atoms with E-state index in [4.69, 9.17) is 4.52 Å². The summed E-state index contributed by atoms with van der Waals surface area (Å²) in [6.45, 7) is 9.62. The van der Waals surface area contributed by atoms with Crippen LogP contribution in [-0.2, 0) is 4.79 Å². The van der Waals surface area contributed by atoms with Crippen LogP contribution in [0.4, 0.5) is 11.4 Å². The van der Waals surface area contributed by atoms with E-state index in [0.29, 0.717) is 43.2 Å². The Bertz CT molecular complexity index is 816. The van der Waals surface area contributed by atoms with Gasteiger partial charge in [-0.3, -0.25) is 9.59 Å². The SMILES string of the molecule is C=CC(=O)N1CCN(c2ccccc2NC(=O)c2c(C)noc2C)CC1. The third kappa shape index (κ3) is 3.46. The van der Waals surface area contributed by atoms with Crippen LogP contribution in [0.3, 0.4) is 0 Å². The number of anilines is 2. The van der Waals surface area contributed by atoms with Crippen LogP contribution in [-0.4, -0.2) is 48.0 Å². The molecule has 1 aromatic heterocycles. The predicted octanol–water partition coefficient (Wildman–Crippen LogP) is 2.38. The Morgan fingerprint density at radius 3 is 2.50 bits per heavy atom. The third-order valence-corrected chi connectivity index (χ3v) is 4.52. The molecule has 0 atom stereocenters. The maximum Gasteiger partial charge on any atom is 0.261 e. The van der Waals surface area contributed by atoms with Gasteiger partial charge in [0.2, 0.25) is 5.91 Å². The summed E-state index contributed by atoms with van der Waals surface area (Å²) in [6, 6.07) is 7.65. The normalized spacial score (nSPS) is 14.2. The van der Waals surface area contributed by atoms with E-state index in [-0.39, 0.29) is 11.8 Å². The van der Waals surface area contributed by atoms with Gasteiger partial charge in [0, 0.05) is 26.2 Å². The van der Waals surface area contributed by atoms with Crippen molar-refractivity contribution in [3.63, 3.8) is 0 Å². The Morgan fingerprint density at radius 1 is 1.19 bits per heavy atom. The van der Waals surface area contributed by atoms with Crippen molar-refractivity contribution in [2.24, 2.45) is 0 Å². The van der Waals surface area contributed by atoms with E-state index in [0.717, 1.165) is 11.4 Å². The first-order valence-electron chi connectivity index (χ1n) is 8.50. The molecule has 1 aromatic carbocycles. The second-order valence-electron chi connectivity index (χ2n) is 6.19. The van der Waals surface area contributed by atoms with Crippen LogP contribution < -0.4 is 10.2 Å². The van der Waals surface area contributed by atoms with E-state index in [1.165, 1.54) is 6.08 Å². The minimum atomic E-state index is -0.242. The number of carbonyl (C=O) groups excluding carboxylic acids is 2. The van der Waals surface area contributed by atoms with Crippen LogP contribution >= 0.6 is 0 Å². The van der Waals surface area contributed by atoms with Gasteiger partial charge in [0.25, 0.3) is 5.91 Å². The number of nitrogens with zero attached hydrogens (tertiary/aromatic N) is 3. The highest BCUT2D eigenvalue weighted by Gasteiger charge is 2.23. The Balaban J connectivity index is 1.76. The Morgan fingerprint density at radius 2 is 1.88 bits per heavy atom. The molecule has 1 aliphatic rings. The number of piperazine rings is 1. The number of hydrogen-bond acceptors (Lipinski definition) is 5. The second kappa shape index (κ2) is 7.43. The number of rotatable bonds is 4. The lowest BCUT2D eigenvalue weighted by Gasteiger charge is -2.36. The molecule has 1 fully saturated rings. The number of aryl methyl sites for hydroxylation is 2. The fourth-order valence-electron chi connectivity index (χ4n) is 3.14. The number of hydrogen-bond donors (Lipinski definition) is 1. The number of amides is 2. The van der Waals surface area contributed by atoms with Crippen LogP contribution in [0.2, 0.25) is 0 Å². The van der Waals surface area contributed by atoms with Crippen molar-refractivity contribution in [3.05, 3.63) is 53.9 Å². The standard InChI is InChI=1S/C19H22N4O3/c1-4-17(24)23-11-9-22(10-12-23)16-8-6-5-7-15(16)20-19(25)18-13(2)21-26-14(18)3/h4-8H,1,9-12H2,2-3H3,(H,20,25). The minimum Gasteiger partial charge on any atom is -0.366 e. The molecule has 3 rings (SSSR count). The van der Waals surface area contributed by atoms with Crippen LogP contribution in [0.25, 0.3) is 0 Å². The van der Waals surface area contributed by atoms with Crippen molar-refractivity contribution in [1.29, 1.82) is 0 Å². The molecule has 7 heteroatoms. The van der Waals surface area contributed by atoms with Gasteiger partial charge < -0.3 is 19.6 Å². The molecule has 136 valence electrons. The largest absolute Gasteiger partial charge is 0.366 e. The number of aromatic nitrogens is 1. The molecule has 2 heterocycles. The fourth-order valence-corrected chi connectivity index (χ4v) is 3.14. The molecule has 2 amide bonds. The summed E-state index contributed by atoms with van der Waals surface area (Å²) >= 11 is 0. The molecule has 1 N–H and O–H groups in total. The topological polar surface area (TPSA) is 78.7 Å². The van der Waals surface area contributed by atoms with Crippen LogP contribution in [0, 0.1) is 13.8 Å². The van der Waals surface area contributed by atoms with E-state index in [2.05, 4.69) is 22.0 Å². The van der Waals surface area contributed by atoms with Gasteiger partial charge >= 0.3 is 0 Å². The average Bonchev–Trinajstić information content (AvgIpc) is 3.00. The number of benzene rings is 1. The quantitative estimate of drug-likeness (QED) is 0.853. The van der Waals surface area contributed by atoms with Gasteiger partial charge in [-0.2, -0.15) is 0 Å². The van der Waals surface area contributed by atoms with Gasteiger partial charge in [0.1, 0.15) is 11.3 Å². The molecule has 26 heavy (non-hydrogen) atoms. The molecule has 0 unspecified atom stereocenters. The highest BCUT2D eigenvalue weighted by molar-refractivity contribution is 6.07. The average molecular weight is 354 g/mol. The molecule has 7 nitrogen and oxygen atoms in total. The zero-order chi connectivity index (χ0) is 18.7. The van der Waals surface area contributed by atoms with Gasteiger partial charge in [0.05, 0.1) is 17.1 Å². The summed E-state index contributed by atoms with van der Waals surface area (Å²) in [4.78, 5) is 28.3. The third-order valence-electron chi connectivity index (χ3n) is 4.52. The number of para-hydroxylation sites is 2. The van der Waals surface area contributed by atoms with Crippen molar-refractivity contribution < 1.29 is 14.1 Å². The molecule has 0 bridgehead atoms. The molecule has 0 aliphatic carbocycles. The van der Waals surface area contributed by atoms with Gasteiger partial charge in [-0.15, -0.1) is 0 Å². The van der Waals surface area contributed by atoms with Crippen LogP contribution in [0.15, 0.2) is 41.4 Å². The molecule has 0 spiro atoms. The van der Waals surface area contributed by atoms with Crippen molar-refractivity contribution >= 4 is 23.2 Å². The lowest BCUT2D eigenvalue weighted by Crippen LogP contribution is -2.48. The van der Waals surface area contributed by atoms with Gasteiger partial charge in [-0.25, -0.2) is 0 Å².